The second-order valence-corrected chi connectivity index (χ2v) is 5.13. The van der Waals surface area contributed by atoms with Crippen LogP contribution in [0.4, 0.5) is 0 Å². The Labute approximate surface area is 121 Å². The number of nitrogens with zero attached hydrogens (tertiary/aromatic N) is 2. The van der Waals surface area contributed by atoms with Gasteiger partial charge in [0.2, 0.25) is 0 Å². The minimum atomic E-state index is -0.844. The fraction of sp³-hybridized carbons (Fsp3) is 0.400. The van der Waals surface area contributed by atoms with Crippen molar-refractivity contribution in [2.75, 3.05) is 0 Å². The molecule has 0 fully saturated rings. The van der Waals surface area contributed by atoms with Crippen molar-refractivity contribution in [1.29, 1.82) is 0 Å². The van der Waals surface area contributed by atoms with Crippen molar-refractivity contribution in [3.8, 4) is 0 Å². The first kappa shape index (κ1) is 15.0. The zero-order valence-electron chi connectivity index (χ0n) is 12.1. The van der Waals surface area contributed by atoms with Gasteiger partial charge in [0.15, 0.2) is 5.78 Å². The summed E-state index contributed by atoms with van der Waals surface area (Å²) < 4.78 is 3.05. The van der Waals surface area contributed by atoms with Crippen LogP contribution in [0, 0.1) is 0 Å². The molecule has 0 amide bonds. The average molecular weight is 290 g/mol. The molecule has 0 bridgehead atoms. The first-order chi connectivity index (χ1) is 9.91. The maximum atomic E-state index is 12.1. The average Bonchev–Trinajstić information content (AvgIpc) is 2.68. The summed E-state index contributed by atoms with van der Waals surface area (Å²) in [5, 5.41) is 8.55. The summed E-state index contributed by atoms with van der Waals surface area (Å²) in [6, 6.07) is 5.19. The Morgan fingerprint density at radius 2 is 1.67 bits per heavy atom. The molecule has 0 saturated heterocycles. The minimum absolute atomic E-state index is 0.0291. The first-order valence-electron chi connectivity index (χ1n) is 6.82. The molecule has 1 aromatic heterocycles. The van der Waals surface area contributed by atoms with E-state index in [4.69, 9.17) is 5.11 Å². The number of hydrogen-bond donors (Lipinski definition) is 1. The summed E-state index contributed by atoms with van der Waals surface area (Å²) in [7, 11) is 3.36. The van der Waals surface area contributed by atoms with Gasteiger partial charge in [-0.05, 0) is 31.0 Å². The van der Waals surface area contributed by atoms with Crippen LogP contribution in [0.5, 0.6) is 0 Å². The van der Waals surface area contributed by atoms with Crippen LogP contribution in [0.25, 0.3) is 11.0 Å². The lowest BCUT2D eigenvalue weighted by molar-refractivity contribution is -0.137. The molecule has 0 aliphatic rings. The zero-order chi connectivity index (χ0) is 15.6. The lowest BCUT2D eigenvalue weighted by atomic mass is 10.0. The van der Waals surface area contributed by atoms with Crippen LogP contribution >= 0.6 is 0 Å². The molecule has 0 saturated carbocycles. The van der Waals surface area contributed by atoms with Gasteiger partial charge in [0.05, 0.1) is 11.0 Å². The number of imidazole rings is 1. The van der Waals surface area contributed by atoms with Gasteiger partial charge in [-0.1, -0.05) is 0 Å². The number of carboxylic acid groups (broad SMARTS) is 1. The van der Waals surface area contributed by atoms with E-state index in [0.29, 0.717) is 24.8 Å². The predicted octanol–water partition coefficient (Wildman–Crippen LogP) is 1.70. The highest BCUT2D eigenvalue weighted by Gasteiger charge is 2.12. The third kappa shape index (κ3) is 3.04. The number of unbranched alkanes of at least 4 members (excludes halogenated alkanes) is 1. The molecule has 0 spiro atoms. The monoisotopic (exact) mass is 290 g/mol. The van der Waals surface area contributed by atoms with Crippen molar-refractivity contribution in [3.63, 3.8) is 0 Å². The van der Waals surface area contributed by atoms with Crippen molar-refractivity contribution in [2.45, 2.75) is 25.7 Å². The van der Waals surface area contributed by atoms with Gasteiger partial charge in [0, 0.05) is 32.5 Å². The maximum absolute atomic E-state index is 12.1. The van der Waals surface area contributed by atoms with Crippen LogP contribution in [0.2, 0.25) is 0 Å². The number of aryl methyl sites for hydroxylation is 2. The second kappa shape index (κ2) is 5.95. The fourth-order valence-corrected chi connectivity index (χ4v) is 2.39. The normalized spacial score (nSPS) is 11.0. The molecular formula is C15H18N2O4. The molecule has 112 valence electrons. The number of carbonyl (C=O) groups excluding carboxylic acids is 1. The van der Waals surface area contributed by atoms with Crippen molar-refractivity contribution >= 4 is 22.8 Å². The standard InChI is InChI=1S/C15H18N2O4/c1-16-11-8-7-10(9-12(11)17(2)15(16)21)13(18)5-3-4-6-14(19)20/h7-9H,3-6H2,1-2H3,(H,19,20). The Morgan fingerprint density at radius 1 is 1.05 bits per heavy atom. The number of fused-ring (bicyclic) bond motifs is 1. The Kier molecular flexibility index (Phi) is 4.26. The largest absolute Gasteiger partial charge is 0.481 e. The molecule has 1 heterocycles. The highest BCUT2D eigenvalue weighted by molar-refractivity contribution is 5.99. The van der Waals surface area contributed by atoms with Crippen LogP contribution < -0.4 is 5.69 Å². The zero-order valence-corrected chi connectivity index (χ0v) is 12.1. The molecule has 0 aliphatic heterocycles. The number of aliphatic carboxylic acids is 1. The number of Topliss-reactive ketones (excluding diaryl/α,β-unsaturated/α-hetero) is 1. The predicted molar refractivity (Wildman–Crippen MR) is 78.6 cm³/mol. The van der Waals surface area contributed by atoms with Crippen molar-refractivity contribution < 1.29 is 14.7 Å². The quantitative estimate of drug-likeness (QED) is 0.648. The van der Waals surface area contributed by atoms with E-state index in [9.17, 15) is 14.4 Å². The van der Waals surface area contributed by atoms with Gasteiger partial charge in [-0.2, -0.15) is 0 Å². The SMILES string of the molecule is Cn1c(=O)n(C)c2cc(C(=O)CCCCC(=O)O)ccc21. The van der Waals surface area contributed by atoms with Gasteiger partial charge in [-0.25, -0.2) is 4.79 Å². The van der Waals surface area contributed by atoms with Crippen LogP contribution in [0.15, 0.2) is 23.0 Å². The number of ketones is 1. The summed E-state index contributed by atoms with van der Waals surface area (Å²) in [6.45, 7) is 0. The summed E-state index contributed by atoms with van der Waals surface area (Å²) in [6.07, 6.45) is 1.45. The fourth-order valence-electron chi connectivity index (χ4n) is 2.39. The van der Waals surface area contributed by atoms with Crippen molar-refractivity contribution in [1.82, 2.24) is 9.13 Å². The van der Waals surface area contributed by atoms with Gasteiger partial charge >= 0.3 is 11.7 Å². The Hall–Kier alpha value is -2.37. The molecule has 21 heavy (non-hydrogen) atoms. The van der Waals surface area contributed by atoms with E-state index in [1.54, 1.807) is 32.3 Å². The smallest absolute Gasteiger partial charge is 0.328 e. The van der Waals surface area contributed by atoms with E-state index in [-0.39, 0.29) is 17.9 Å². The van der Waals surface area contributed by atoms with Crippen molar-refractivity contribution in [3.05, 3.63) is 34.2 Å². The molecular weight excluding hydrogens is 272 g/mol. The van der Waals surface area contributed by atoms with E-state index in [1.165, 1.54) is 9.13 Å². The molecule has 0 aliphatic carbocycles. The first-order valence-corrected chi connectivity index (χ1v) is 6.82. The van der Waals surface area contributed by atoms with Gasteiger partial charge < -0.3 is 5.11 Å². The molecule has 1 aromatic carbocycles. The van der Waals surface area contributed by atoms with Crippen LogP contribution in [-0.2, 0) is 18.9 Å². The lowest BCUT2D eigenvalue weighted by Crippen LogP contribution is -2.19. The number of carbonyl (C=O) groups is 2. The van der Waals surface area contributed by atoms with E-state index in [2.05, 4.69) is 0 Å². The van der Waals surface area contributed by atoms with Crippen molar-refractivity contribution in [2.24, 2.45) is 14.1 Å². The third-order valence-electron chi connectivity index (χ3n) is 3.64. The highest BCUT2D eigenvalue weighted by Crippen LogP contribution is 2.16. The molecule has 0 radical (unpaired) electrons. The van der Waals surface area contributed by atoms with E-state index >= 15 is 0 Å². The van der Waals surface area contributed by atoms with E-state index in [1.807, 2.05) is 0 Å². The lowest BCUT2D eigenvalue weighted by Gasteiger charge is -2.02. The topological polar surface area (TPSA) is 81.3 Å². The number of aromatic nitrogens is 2. The molecule has 0 unspecified atom stereocenters. The molecule has 0 atom stereocenters. The molecule has 1 N–H and O–H groups in total. The molecule has 6 nitrogen and oxygen atoms in total. The number of carboxylic acids is 1. The van der Waals surface area contributed by atoms with Crippen LogP contribution in [0.1, 0.15) is 36.0 Å². The van der Waals surface area contributed by atoms with E-state index in [0.717, 1.165) is 11.0 Å². The van der Waals surface area contributed by atoms with Gasteiger partial charge in [0.25, 0.3) is 0 Å². The maximum Gasteiger partial charge on any atom is 0.328 e. The summed E-state index contributed by atoms with van der Waals surface area (Å²) in [4.78, 5) is 34.3. The third-order valence-corrected chi connectivity index (χ3v) is 3.64. The Bertz CT molecular complexity index is 755. The molecule has 2 rings (SSSR count). The molecule has 2 aromatic rings. The van der Waals surface area contributed by atoms with Gasteiger partial charge in [0.1, 0.15) is 0 Å². The number of hydrogen-bond acceptors (Lipinski definition) is 3. The van der Waals surface area contributed by atoms with Crippen LogP contribution in [-0.4, -0.2) is 26.0 Å². The Balaban J connectivity index is 2.15. The van der Waals surface area contributed by atoms with Gasteiger partial charge in [-0.15, -0.1) is 0 Å². The summed E-state index contributed by atoms with van der Waals surface area (Å²) in [5.41, 5.74) is 1.93. The second-order valence-electron chi connectivity index (χ2n) is 5.13. The Morgan fingerprint density at radius 3 is 2.33 bits per heavy atom. The van der Waals surface area contributed by atoms with Crippen LogP contribution in [0.3, 0.4) is 0 Å². The highest BCUT2D eigenvalue weighted by atomic mass is 16.4. The molecule has 6 heteroatoms. The number of benzene rings is 1. The minimum Gasteiger partial charge on any atom is -0.481 e. The summed E-state index contributed by atoms with van der Waals surface area (Å²) >= 11 is 0. The summed E-state index contributed by atoms with van der Waals surface area (Å²) in [5.74, 6) is -0.873. The number of rotatable bonds is 6. The van der Waals surface area contributed by atoms with E-state index < -0.39 is 5.97 Å². The van der Waals surface area contributed by atoms with Gasteiger partial charge in [-0.3, -0.25) is 18.7 Å².